The topological polar surface area (TPSA) is 100 Å². The van der Waals surface area contributed by atoms with Crippen LogP contribution in [0, 0.1) is 18.3 Å². The first kappa shape index (κ1) is 22.5. The molecular weight excluding hydrogens is 382 g/mol. The summed E-state index contributed by atoms with van der Waals surface area (Å²) >= 11 is 0. The summed E-state index contributed by atoms with van der Waals surface area (Å²) < 4.78 is 10.3. The second kappa shape index (κ2) is 10.7. The Morgan fingerprint density at radius 1 is 1.20 bits per heavy atom. The monoisotopic (exact) mass is 407 g/mol. The van der Waals surface area contributed by atoms with Crippen molar-refractivity contribution in [1.82, 2.24) is 5.32 Å². The van der Waals surface area contributed by atoms with E-state index < -0.39 is 11.9 Å². The predicted molar refractivity (Wildman–Crippen MR) is 114 cm³/mol. The zero-order chi connectivity index (χ0) is 22.1. The van der Waals surface area contributed by atoms with Crippen LogP contribution in [-0.2, 0) is 9.53 Å². The summed E-state index contributed by atoms with van der Waals surface area (Å²) in [5.74, 6) is -0.249. The molecule has 0 saturated carbocycles. The van der Waals surface area contributed by atoms with Gasteiger partial charge in [-0.2, -0.15) is 5.26 Å². The molecule has 0 spiro atoms. The van der Waals surface area contributed by atoms with Crippen molar-refractivity contribution < 1.29 is 19.1 Å². The van der Waals surface area contributed by atoms with Gasteiger partial charge in [0, 0.05) is 17.5 Å². The van der Waals surface area contributed by atoms with Crippen LogP contribution in [0.4, 0.5) is 5.69 Å². The number of ether oxygens (including phenoxy) is 2. The number of anilines is 1. The van der Waals surface area contributed by atoms with Gasteiger partial charge in [-0.3, -0.25) is 4.79 Å². The Bertz CT molecular complexity index is 975. The number of benzene rings is 2. The lowest BCUT2D eigenvalue weighted by atomic mass is 10.0. The minimum absolute atomic E-state index is 0.0792. The molecule has 156 valence electrons. The Morgan fingerprint density at radius 2 is 1.90 bits per heavy atom. The van der Waals surface area contributed by atoms with Gasteiger partial charge in [0.15, 0.2) is 0 Å². The molecule has 2 aromatic carbocycles. The minimum Gasteiger partial charge on any atom is -0.494 e. The lowest BCUT2D eigenvalue weighted by Crippen LogP contribution is -2.28. The van der Waals surface area contributed by atoms with E-state index in [-0.39, 0.29) is 11.6 Å². The summed E-state index contributed by atoms with van der Waals surface area (Å²) in [5.41, 5.74) is 2.83. The second-order valence-electron chi connectivity index (χ2n) is 6.55. The summed E-state index contributed by atoms with van der Waals surface area (Å²) in [6, 6.07) is 13.8. The maximum atomic E-state index is 12.6. The average Bonchev–Trinajstić information content (AvgIpc) is 2.75. The van der Waals surface area contributed by atoms with Gasteiger partial charge in [-0.1, -0.05) is 17.7 Å². The van der Waals surface area contributed by atoms with Crippen LogP contribution in [0.5, 0.6) is 5.75 Å². The van der Waals surface area contributed by atoms with E-state index in [0.29, 0.717) is 23.6 Å². The molecule has 0 aliphatic carbocycles. The number of nitrogens with one attached hydrogen (secondary N) is 2. The quantitative estimate of drug-likeness (QED) is 0.391. The van der Waals surface area contributed by atoms with Crippen LogP contribution < -0.4 is 15.4 Å². The van der Waals surface area contributed by atoms with E-state index in [1.165, 1.54) is 13.3 Å². The molecule has 2 aromatic rings. The lowest BCUT2D eigenvalue weighted by molar-refractivity contribution is -0.117. The molecule has 0 saturated heterocycles. The molecule has 0 bridgehead atoms. The number of aryl methyl sites for hydroxylation is 1. The molecular formula is C23H25N3O4. The maximum absolute atomic E-state index is 12.6. The number of esters is 1. The molecule has 2 N–H and O–H groups in total. The first-order chi connectivity index (χ1) is 14.4. The minimum atomic E-state index is -0.507. The van der Waals surface area contributed by atoms with Crippen LogP contribution in [0.25, 0.3) is 0 Å². The average molecular weight is 407 g/mol. The third kappa shape index (κ3) is 5.85. The van der Waals surface area contributed by atoms with E-state index in [9.17, 15) is 14.9 Å². The van der Waals surface area contributed by atoms with Crippen molar-refractivity contribution in [2.75, 3.05) is 19.0 Å². The molecule has 0 fully saturated rings. The van der Waals surface area contributed by atoms with Crippen molar-refractivity contribution in [3.05, 3.63) is 70.9 Å². The molecule has 0 aromatic heterocycles. The molecule has 0 aliphatic rings. The Hall–Kier alpha value is -3.79. The molecule has 7 heteroatoms. The fourth-order valence-electron chi connectivity index (χ4n) is 2.77. The summed E-state index contributed by atoms with van der Waals surface area (Å²) in [7, 11) is 1.31. The fourth-order valence-corrected chi connectivity index (χ4v) is 2.77. The molecule has 0 heterocycles. The number of nitriles is 1. The third-order valence-electron chi connectivity index (χ3n) is 4.33. The van der Waals surface area contributed by atoms with Crippen molar-refractivity contribution in [1.29, 1.82) is 5.26 Å². The Labute approximate surface area is 176 Å². The highest BCUT2D eigenvalue weighted by Gasteiger charge is 2.17. The van der Waals surface area contributed by atoms with Gasteiger partial charge in [0.1, 0.15) is 17.4 Å². The zero-order valence-corrected chi connectivity index (χ0v) is 17.5. The standard InChI is InChI=1S/C23H25N3O4/c1-5-30-21-11-6-15(2)12-20(21)16(3)26-22(27)18(13-24)14-25-19-9-7-17(8-10-19)23(28)29-4/h6-12,14,16,25H,5H2,1-4H3,(H,26,27)/b18-14-. The number of nitrogens with zero attached hydrogens (tertiary/aromatic N) is 1. The van der Waals surface area contributed by atoms with Gasteiger partial charge in [0.2, 0.25) is 0 Å². The van der Waals surface area contributed by atoms with E-state index in [4.69, 9.17) is 4.74 Å². The van der Waals surface area contributed by atoms with Gasteiger partial charge in [-0.15, -0.1) is 0 Å². The Morgan fingerprint density at radius 3 is 2.50 bits per heavy atom. The first-order valence-electron chi connectivity index (χ1n) is 9.49. The second-order valence-corrected chi connectivity index (χ2v) is 6.55. The Kier molecular flexibility index (Phi) is 8.00. The molecule has 7 nitrogen and oxygen atoms in total. The summed E-state index contributed by atoms with van der Waals surface area (Å²) in [6.45, 7) is 6.21. The molecule has 1 amide bonds. The summed E-state index contributed by atoms with van der Waals surface area (Å²) in [6.07, 6.45) is 1.33. The largest absolute Gasteiger partial charge is 0.494 e. The number of carbonyl (C=O) groups excluding carboxylic acids is 2. The highest BCUT2D eigenvalue weighted by Crippen LogP contribution is 2.26. The highest BCUT2D eigenvalue weighted by molar-refractivity contribution is 5.97. The van der Waals surface area contributed by atoms with E-state index in [1.807, 2.05) is 45.0 Å². The maximum Gasteiger partial charge on any atom is 0.337 e. The van der Waals surface area contributed by atoms with Gasteiger partial charge >= 0.3 is 5.97 Å². The van der Waals surface area contributed by atoms with Crippen LogP contribution >= 0.6 is 0 Å². The van der Waals surface area contributed by atoms with Gasteiger partial charge in [0.05, 0.1) is 25.3 Å². The number of carbonyl (C=O) groups is 2. The third-order valence-corrected chi connectivity index (χ3v) is 4.33. The lowest BCUT2D eigenvalue weighted by Gasteiger charge is -2.18. The van der Waals surface area contributed by atoms with Crippen LogP contribution in [0.15, 0.2) is 54.2 Å². The van der Waals surface area contributed by atoms with Gasteiger partial charge in [-0.25, -0.2) is 4.79 Å². The smallest absolute Gasteiger partial charge is 0.337 e. The normalized spacial score (nSPS) is 11.8. The number of methoxy groups -OCH3 is 1. The van der Waals surface area contributed by atoms with Crippen molar-refractivity contribution in [3.63, 3.8) is 0 Å². The van der Waals surface area contributed by atoms with E-state index in [0.717, 1.165) is 11.1 Å². The number of hydrogen-bond donors (Lipinski definition) is 2. The van der Waals surface area contributed by atoms with E-state index in [2.05, 4.69) is 15.4 Å². The highest BCUT2D eigenvalue weighted by atomic mass is 16.5. The molecule has 30 heavy (non-hydrogen) atoms. The summed E-state index contributed by atoms with van der Waals surface area (Å²) in [4.78, 5) is 24.0. The predicted octanol–water partition coefficient (Wildman–Crippen LogP) is 3.88. The number of rotatable bonds is 8. The SMILES string of the molecule is CCOc1ccc(C)cc1C(C)NC(=O)/C(C#N)=C\Nc1ccc(C(=O)OC)cc1. The van der Waals surface area contributed by atoms with Crippen LogP contribution in [-0.4, -0.2) is 25.6 Å². The van der Waals surface area contributed by atoms with Crippen LogP contribution in [0.2, 0.25) is 0 Å². The number of amides is 1. The zero-order valence-electron chi connectivity index (χ0n) is 17.5. The Balaban J connectivity index is 2.10. The molecule has 2 rings (SSSR count). The van der Waals surface area contributed by atoms with Gasteiger partial charge in [-0.05, 0) is 51.1 Å². The summed E-state index contributed by atoms with van der Waals surface area (Å²) in [5, 5.41) is 15.1. The van der Waals surface area contributed by atoms with Crippen LogP contribution in [0.1, 0.15) is 41.4 Å². The van der Waals surface area contributed by atoms with Crippen molar-refractivity contribution in [3.8, 4) is 11.8 Å². The van der Waals surface area contributed by atoms with Gasteiger partial charge in [0.25, 0.3) is 5.91 Å². The molecule has 0 radical (unpaired) electrons. The first-order valence-corrected chi connectivity index (χ1v) is 9.49. The fraction of sp³-hybridized carbons (Fsp3) is 0.261. The van der Waals surface area contributed by atoms with E-state index >= 15 is 0 Å². The number of hydrogen-bond acceptors (Lipinski definition) is 6. The van der Waals surface area contributed by atoms with Crippen molar-refractivity contribution in [2.45, 2.75) is 26.8 Å². The molecule has 1 unspecified atom stereocenters. The van der Waals surface area contributed by atoms with Gasteiger partial charge < -0.3 is 20.1 Å². The van der Waals surface area contributed by atoms with Crippen molar-refractivity contribution >= 4 is 17.6 Å². The van der Waals surface area contributed by atoms with Crippen LogP contribution in [0.3, 0.4) is 0 Å². The van der Waals surface area contributed by atoms with E-state index in [1.54, 1.807) is 24.3 Å². The van der Waals surface area contributed by atoms with Crippen molar-refractivity contribution in [2.24, 2.45) is 0 Å². The molecule has 1 atom stereocenters. The molecule has 0 aliphatic heterocycles.